The third-order valence-electron chi connectivity index (χ3n) is 0.189. The van der Waals surface area contributed by atoms with E-state index in [0.29, 0.717) is 0 Å². The third kappa shape index (κ3) is 38.8. The molecule has 1 unspecified atom stereocenters. The van der Waals surface area contributed by atoms with Gasteiger partial charge in [-0.3, -0.25) is 0 Å². The lowest BCUT2D eigenvalue weighted by Gasteiger charge is -1.65. The highest BCUT2D eigenvalue weighted by Gasteiger charge is 1.59. The van der Waals surface area contributed by atoms with Gasteiger partial charge in [-0.25, -0.2) is 0 Å². The average molecular weight is 185 g/mol. The molecule has 0 radical (unpaired) electrons. The minimum Gasteiger partial charge on any atom is -0.153 e. The molecule has 0 nitrogen and oxygen atoms in total. The van der Waals surface area contributed by atoms with Crippen molar-refractivity contribution in [1.29, 1.82) is 0 Å². The average Bonchev–Trinajstić information content (AvgIpc) is 1.37. The van der Waals surface area contributed by atoms with Crippen molar-refractivity contribution < 1.29 is 0 Å². The maximum Gasteiger partial charge on any atom is 0.0220 e. The van der Waals surface area contributed by atoms with Gasteiger partial charge in [0.1, 0.15) is 0 Å². The van der Waals surface area contributed by atoms with Crippen molar-refractivity contribution >= 4 is 46.3 Å². The molecule has 0 heterocycles. The maximum atomic E-state index is 5.19. The topological polar surface area (TPSA) is 0 Å². The first-order valence-corrected chi connectivity index (χ1v) is 2.01. The highest BCUT2D eigenvalue weighted by atomic mass is 35.5. The highest BCUT2D eigenvalue weighted by molar-refractivity contribution is 6.92. The first-order chi connectivity index (χ1) is 1.91. The molecular weight excluding hydrogens is 173 g/mol. The van der Waals surface area contributed by atoms with Crippen LogP contribution in [0.1, 0.15) is 13.3 Å². The van der Waals surface area contributed by atoms with E-state index in [1.54, 1.807) is 0 Å². The number of hydrogen-bond acceptors (Lipinski definition) is 0. The van der Waals surface area contributed by atoms with Crippen molar-refractivity contribution in [2.45, 2.75) is 13.3 Å². The summed E-state index contributed by atoms with van der Waals surface area (Å²) >= 11 is 5.19. The zero-order valence-electron chi connectivity index (χ0n) is 4.32. The monoisotopic (exact) mass is 184 g/mol. The Morgan fingerprint density at radius 2 is 1.43 bits per heavy atom. The van der Waals surface area contributed by atoms with E-state index in [0.717, 1.165) is 12.3 Å². The number of hydrogen-bond donors (Lipinski definition) is 0. The van der Waals surface area contributed by atoms with Gasteiger partial charge in [0, 0.05) is 5.88 Å². The second-order valence-electron chi connectivity index (χ2n) is 0.689. The van der Waals surface area contributed by atoms with E-state index >= 15 is 0 Å². The van der Waals surface area contributed by atoms with E-state index in [-0.39, 0.29) is 34.7 Å². The van der Waals surface area contributed by atoms with Crippen LogP contribution in [0.4, 0.5) is 0 Å². The summed E-state index contributed by atoms with van der Waals surface area (Å²) < 4.78 is 0. The lowest BCUT2D eigenvalue weighted by atomic mass is 10.6. The van der Waals surface area contributed by atoms with Crippen LogP contribution in [0.2, 0.25) is 0 Å². The second kappa shape index (κ2) is 26.6. The molecule has 0 saturated heterocycles. The van der Waals surface area contributed by atoms with Gasteiger partial charge in [0.15, 0.2) is 0 Å². The van der Waals surface area contributed by atoms with E-state index in [4.69, 9.17) is 11.6 Å². The van der Waals surface area contributed by atoms with Crippen LogP contribution in [-0.2, 0) is 0 Å². The van der Waals surface area contributed by atoms with Crippen LogP contribution in [0.5, 0.6) is 0 Å². The Morgan fingerprint density at radius 1 is 1.29 bits per heavy atom. The summed E-state index contributed by atoms with van der Waals surface area (Å²) in [6, 6.07) is 0. The van der Waals surface area contributed by atoms with E-state index in [1.807, 2.05) is 6.92 Å². The summed E-state index contributed by atoms with van der Waals surface area (Å²) in [5.74, 6) is 0.792. The van der Waals surface area contributed by atoms with E-state index in [9.17, 15) is 0 Å². The van der Waals surface area contributed by atoms with Gasteiger partial charge in [-0.15, -0.1) is 36.4 Å². The molecule has 0 aliphatic heterocycles. The van der Waals surface area contributed by atoms with Crippen LogP contribution < -0.4 is 0 Å². The predicted molar refractivity (Wildman–Crippen MR) is 46.6 cm³/mol. The predicted octanol–water partition coefficient (Wildman–Crippen LogP) is 2.54. The van der Waals surface area contributed by atoms with Gasteiger partial charge in [0.2, 0.25) is 0 Å². The highest BCUT2D eigenvalue weighted by Crippen LogP contribution is 1.75. The molecule has 0 amide bonds. The molecule has 50 valence electrons. The molecule has 0 rings (SSSR count). The third-order valence-corrected chi connectivity index (χ3v) is 0.567. The van der Waals surface area contributed by atoms with Crippen molar-refractivity contribution in [3.63, 3.8) is 0 Å². The van der Waals surface area contributed by atoms with Crippen molar-refractivity contribution in [2.75, 3.05) is 5.88 Å². The molecule has 1 atom stereocenters. The molecule has 0 aromatic carbocycles. The molecular formula is C3H12Cl3P. The Bertz CT molecular complexity index is 12.1. The molecule has 0 saturated carbocycles. The first-order valence-electron chi connectivity index (χ1n) is 1.47. The smallest absolute Gasteiger partial charge is 0.0220 e. The summed E-state index contributed by atoms with van der Waals surface area (Å²) in [5, 5.41) is 0. The SMILES string of the molecule is CCCCl.Cl.Cl.P. The van der Waals surface area contributed by atoms with Crippen molar-refractivity contribution in [3.05, 3.63) is 0 Å². The number of rotatable bonds is 1. The molecule has 0 N–H and O–H groups in total. The first kappa shape index (κ1) is 23.9. The molecule has 0 aliphatic rings. The standard InChI is InChI=1S/C3H7Cl.2ClH.H3P/c1-2-3-4;;;/h2-3H2,1H3;2*1H;1H3. The fourth-order valence-corrected chi connectivity index (χ4v) is 0. The lowest BCUT2D eigenvalue weighted by Crippen LogP contribution is -1.55. The molecule has 0 aliphatic carbocycles. The molecule has 4 heteroatoms. The summed E-state index contributed by atoms with van der Waals surface area (Å²) in [6.45, 7) is 2.05. The fraction of sp³-hybridized carbons (Fsp3) is 1.00. The van der Waals surface area contributed by atoms with Crippen LogP contribution in [0.15, 0.2) is 0 Å². The quantitative estimate of drug-likeness (QED) is 0.435. The van der Waals surface area contributed by atoms with Crippen LogP contribution in [0.25, 0.3) is 0 Å². The van der Waals surface area contributed by atoms with Gasteiger partial charge in [0.25, 0.3) is 0 Å². The Balaban J connectivity index is -0.0000000150. The Morgan fingerprint density at radius 3 is 1.43 bits per heavy atom. The Hall–Kier alpha value is 1.30. The zero-order valence-corrected chi connectivity index (χ0v) is 8.12. The lowest BCUT2D eigenvalue weighted by molar-refractivity contribution is 1.10. The van der Waals surface area contributed by atoms with Crippen molar-refractivity contribution in [3.8, 4) is 0 Å². The van der Waals surface area contributed by atoms with E-state index in [1.165, 1.54) is 0 Å². The Labute approximate surface area is 65.8 Å². The molecule has 0 spiro atoms. The minimum atomic E-state index is 0. The Kier molecular flexibility index (Phi) is 90.9. The molecule has 7 heavy (non-hydrogen) atoms. The van der Waals surface area contributed by atoms with Gasteiger partial charge in [-0.05, 0) is 6.42 Å². The largest absolute Gasteiger partial charge is 0.153 e. The molecule has 0 fully saturated rings. The van der Waals surface area contributed by atoms with Gasteiger partial charge in [-0.2, -0.15) is 9.90 Å². The molecule has 0 aromatic rings. The van der Waals surface area contributed by atoms with Crippen LogP contribution >= 0.6 is 46.3 Å². The summed E-state index contributed by atoms with van der Waals surface area (Å²) in [7, 11) is 0. The molecule has 0 bridgehead atoms. The number of alkyl halides is 1. The van der Waals surface area contributed by atoms with E-state index < -0.39 is 0 Å². The summed E-state index contributed by atoms with van der Waals surface area (Å²) in [4.78, 5) is 0. The van der Waals surface area contributed by atoms with Crippen LogP contribution in [0, 0.1) is 0 Å². The zero-order chi connectivity index (χ0) is 3.41. The summed E-state index contributed by atoms with van der Waals surface area (Å²) in [6.07, 6.45) is 1.08. The van der Waals surface area contributed by atoms with Crippen LogP contribution in [-0.4, -0.2) is 5.88 Å². The van der Waals surface area contributed by atoms with E-state index in [2.05, 4.69) is 0 Å². The minimum absolute atomic E-state index is 0. The summed E-state index contributed by atoms with van der Waals surface area (Å²) in [5.41, 5.74) is 0. The fourth-order valence-electron chi connectivity index (χ4n) is 0. The van der Waals surface area contributed by atoms with Gasteiger partial charge >= 0.3 is 0 Å². The maximum absolute atomic E-state index is 5.19. The normalized spacial score (nSPS) is 4.29. The van der Waals surface area contributed by atoms with Gasteiger partial charge in [-0.1, -0.05) is 6.92 Å². The van der Waals surface area contributed by atoms with Gasteiger partial charge in [0.05, 0.1) is 0 Å². The number of halogens is 3. The van der Waals surface area contributed by atoms with Crippen molar-refractivity contribution in [2.24, 2.45) is 0 Å². The second-order valence-corrected chi connectivity index (χ2v) is 1.07. The van der Waals surface area contributed by atoms with Crippen LogP contribution in [0.3, 0.4) is 0 Å². The van der Waals surface area contributed by atoms with Gasteiger partial charge < -0.3 is 0 Å². The molecule has 0 aromatic heterocycles. The van der Waals surface area contributed by atoms with Crippen molar-refractivity contribution in [1.82, 2.24) is 0 Å².